The average Bonchev–Trinajstić information content (AvgIpc) is 3.30. The molecule has 2 heterocycles. The van der Waals surface area contributed by atoms with Crippen molar-refractivity contribution in [3.05, 3.63) is 39.7 Å². The predicted octanol–water partition coefficient (Wildman–Crippen LogP) is 6.68. The maximum absolute atomic E-state index is 12.5. The number of carbonyl (C=O) groups excluding carboxylic acids is 1. The standard InChI is InChI=1S/C28H40N2O2S/c1-27(2)13-14-28(3,4)23-18-21(9-10-22(23)27)24-19-33-26(29-24)20-11-15-30(16-12-20)25(31)8-6-7-17-32-5/h9-10,18-20H,6-8,11-17H2,1-5H3. The summed E-state index contributed by atoms with van der Waals surface area (Å²) >= 11 is 1.79. The number of aromatic nitrogens is 1. The van der Waals surface area contributed by atoms with Gasteiger partial charge in [-0.05, 0) is 66.5 Å². The molecule has 0 saturated carbocycles. The van der Waals surface area contributed by atoms with Gasteiger partial charge in [0.15, 0.2) is 0 Å². The summed E-state index contributed by atoms with van der Waals surface area (Å²) in [7, 11) is 1.71. The van der Waals surface area contributed by atoms with Crippen molar-refractivity contribution in [2.45, 2.75) is 89.4 Å². The number of nitrogens with zero attached hydrogens (tertiary/aromatic N) is 2. The molecule has 1 fully saturated rings. The third kappa shape index (κ3) is 5.35. The van der Waals surface area contributed by atoms with Gasteiger partial charge in [-0.25, -0.2) is 4.98 Å². The minimum atomic E-state index is 0.211. The quantitative estimate of drug-likeness (QED) is 0.426. The number of piperidine rings is 1. The van der Waals surface area contributed by atoms with Crippen LogP contribution in [0, 0.1) is 0 Å². The summed E-state index contributed by atoms with van der Waals surface area (Å²) in [5, 5.41) is 3.46. The molecular weight excluding hydrogens is 428 g/mol. The van der Waals surface area contributed by atoms with E-state index in [-0.39, 0.29) is 10.8 Å². The molecule has 0 unspecified atom stereocenters. The first-order valence-corrected chi connectivity index (χ1v) is 13.5. The van der Waals surface area contributed by atoms with E-state index in [1.807, 2.05) is 4.90 Å². The zero-order valence-electron chi connectivity index (χ0n) is 21.1. The fourth-order valence-electron chi connectivity index (χ4n) is 5.41. The van der Waals surface area contributed by atoms with E-state index in [0.29, 0.717) is 18.2 Å². The number of likely N-dealkylation sites (tertiary alicyclic amines) is 1. The highest BCUT2D eigenvalue weighted by atomic mass is 32.1. The van der Waals surface area contributed by atoms with E-state index in [0.717, 1.165) is 51.1 Å². The van der Waals surface area contributed by atoms with E-state index >= 15 is 0 Å². The van der Waals surface area contributed by atoms with Crippen molar-refractivity contribution < 1.29 is 9.53 Å². The molecule has 1 aliphatic carbocycles. The highest BCUT2D eigenvalue weighted by Crippen LogP contribution is 2.47. The summed E-state index contributed by atoms with van der Waals surface area (Å²) in [6.45, 7) is 11.9. The minimum absolute atomic E-state index is 0.211. The molecule has 0 spiro atoms. The lowest BCUT2D eigenvalue weighted by molar-refractivity contribution is -0.132. The Morgan fingerprint density at radius 3 is 2.48 bits per heavy atom. The highest BCUT2D eigenvalue weighted by molar-refractivity contribution is 7.10. The molecule has 1 aromatic carbocycles. The molecule has 4 rings (SSSR count). The van der Waals surface area contributed by atoms with Crippen LogP contribution in [0.5, 0.6) is 0 Å². The molecule has 2 aromatic rings. The molecule has 4 nitrogen and oxygen atoms in total. The normalized spacial score (nSPS) is 20.0. The second kappa shape index (κ2) is 9.87. The first kappa shape index (κ1) is 24.4. The third-order valence-corrected chi connectivity index (χ3v) is 8.86. The van der Waals surface area contributed by atoms with Crippen LogP contribution in [0.25, 0.3) is 11.3 Å². The van der Waals surface area contributed by atoms with Gasteiger partial charge in [-0.1, -0.05) is 39.8 Å². The van der Waals surface area contributed by atoms with Crippen LogP contribution in [0.3, 0.4) is 0 Å². The average molecular weight is 469 g/mol. The van der Waals surface area contributed by atoms with Crippen molar-refractivity contribution in [1.82, 2.24) is 9.88 Å². The lowest BCUT2D eigenvalue weighted by atomic mass is 9.63. The molecule has 0 N–H and O–H groups in total. The molecule has 0 bridgehead atoms. The van der Waals surface area contributed by atoms with Gasteiger partial charge >= 0.3 is 0 Å². The Hall–Kier alpha value is -1.72. The number of methoxy groups -OCH3 is 1. The summed E-state index contributed by atoms with van der Waals surface area (Å²) in [5.41, 5.74) is 5.79. The van der Waals surface area contributed by atoms with Gasteiger partial charge in [0.05, 0.1) is 10.7 Å². The van der Waals surface area contributed by atoms with Crippen molar-refractivity contribution in [3.8, 4) is 11.3 Å². The summed E-state index contributed by atoms with van der Waals surface area (Å²) in [6.07, 6.45) is 7.00. The molecule has 1 aliphatic heterocycles. The second-order valence-corrected chi connectivity index (χ2v) is 12.1. The van der Waals surface area contributed by atoms with Gasteiger partial charge in [-0.15, -0.1) is 11.3 Å². The summed E-state index contributed by atoms with van der Waals surface area (Å²) in [4.78, 5) is 19.6. The number of hydrogen-bond donors (Lipinski definition) is 0. The van der Waals surface area contributed by atoms with Gasteiger partial charge in [0.25, 0.3) is 0 Å². The van der Waals surface area contributed by atoms with Crippen molar-refractivity contribution in [2.75, 3.05) is 26.8 Å². The Bertz CT molecular complexity index is 970. The monoisotopic (exact) mass is 468 g/mol. The fourth-order valence-corrected chi connectivity index (χ4v) is 6.41. The van der Waals surface area contributed by atoms with Crippen LogP contribution in [0.2, 0.25) is 0 Å². The highest BCUT2D eigenvalue weighted by Gasteiger charge is 2.37. The van der Waals surface area contributed by atoms with E-state index in [1.165, 1.54) is 34.5 Å². The van der Waals surface area contributed by atoms with Gasteiger partial charge in [0.2, 0.25) is 5.91 Å². The maximum Gasteiger partial charge on any atom is 0.222 e. The fraction of sp³-hybridized carbons (Fsp3) is 0.643. The smallest absolute Gasteiger partial charge is 0.222 e. The van der Waals surface area contributed by atoms with Crippen LogP contribution in [0.4, 0.5) is 0 Å². The van der Waals surface area contributed by atoms with Gasteiger partial charge in [-0.3, -0.25) is 4.79 Å². The molecule has 1 amide bonds. The van der Waals surface area contributed by atoms with Crippen molar-refractivity contribution in [1.29, 1.82) is 0 Å². The summed E-state index contributed by atoms with van der Waals surface area (Å²) in [6, 6.07) is 7.02. The largest absolute Gasteiger partial charge is 0.385 e. The van der Waals surface area contributed by atoms with Crippen LogP contribution in [-0.2, 0) is 20.4 Å². The number of amides is 1. The van der Waals surface area contributed by atoms with E-state index in [1.54, 1.807) is 18.4 Å². The van der Waals surface area contributed by atoms with Crippen molar-refractivity contribution in [3.63, 3.8) is 0 Å². The first-order valence-electron chi connectivity index (χ1n) is 12.6. The number of rotatable bonds is 7. The number of thiazole rings is 1. The summed E-state index contributed by atoms with van der Waals surface area (Å²) in [5.74, 6) is 0.762. The lowest BCUT2D eigenvalue weighted by Gasteiger charge is -2.42. The SMILES string of the molecule is COCCCCC(=O)N1CCC(c2nc(-c3ccc4c(c3)C(C)(C)CCC4(C)C)cs2)CC1. The van der Waals surface area contributed by atoms with Gasteiger partial charge < -0.3 is 9.64 Å². The molecule has 1 aromatic heterocycles. The Kier molecular flexibility index (Phi) is 7.30. The molecule has 33 heavy (non-hydrogen) atoms. The second-order valence-electron chi connectivity index (χ2n) is 11.2. The Morgan fingerprint density at radius 1 is 1.09 bits per heavy atom. The molecule has 180 valence electrons. The Balaban J connectivity index is 1.41. The van der Waals surface area contributed by atoms with Gasteiger partial charge in [-0.2, -0.15) is 0 Å². The maximum atomic E-state index is 12.5. The van der Waals surface area contributed by atoms with Crippen molar-refractivity contribution in [2.24, 2.45) is 0 Å². The van der Waals surface area contributed by atoms with Crippen LogP contribution >= 0.6 is 11.3 Å². The Morgan fingerprint density at radius 2 is 1.79 bits per heavy atom. The van der Waals surface area contributed by atoms with Crippen molar-refractivity contribution >= 4 is 17.2 Å². The number of fused-ring (bicyclic) bond motifs is 1. The topological polar surface area (TPSA) is 42.4 Å². The number of benzene rings is 1. The predicted molar refractivity (Wildman–Crippen MR) is 137 cm³/mol. The third-order valence-electron chi connectivity index (χ3n) is 7.86. The van der Waals surface area contributed by atoms with Gasteiger partial charge in [0.1, 0.15) is 0 Å². The van der Waals surface area contributed by atoms with E-state index in [9.17, 15) is 4.79 Å². The molecule has 1 saturated heterocycles. The van der Waals surface area contributed by atoms with Crippen LogP contribution < -0.4 is 0 Å². The first-order chi connectivity index (χ1) is 15.7. The number of unbranched alkanes of at least 4 members (excludes halogenated alkanes) is 1. The number of carbonyl (C=O) groups is 1. The number of ether oxygens (including phenoxy) is 1. The molecule has 5 heteroatoms. The summed E-state index contributed by atoms with van der Waals surface area (Å²) < 4.78 is 5.08. The molecule has 2 aliphatic rings. The zero-order chi connectivity index (χ0) is 23.6. The zero-order valence-corrected chi connectivity index (χ0v) is 21.9. The van der Waals surface area contributed by atoms with Gasteiger partial charge in [0, 0.05) is 50.1 Å². The Labute approximate surface area is 203 Å². The molecule has 0 atom stereocenters. The van der Waals surface area contributed by atoms with Crippen LogP contribution in [0.1, 0.15) is 94.7 Å². The van der Waals surface area contributed by atoms with Crippen LogP contribution in [-0.4, -0.2) is 42.6 Å². The minimum Gasteiger partial charge on any atom is -0.385 e. The van der Waals surface area contributed by atoms with E-state index in [4.69, 9.17) is 9.72 Å². The molecule has 0 radical (unpaired) electrons. The van der Waals surface area contributed by atoms with Crippen LogP contribution in [0.15, 0.2) is 23.6 Å². The lowest BCUT2D eigenvalue weighted by Crippen LogP contribution is -2.37. The molecular formula is C28H40N2O2S. The van der Waals surface area contributed by atoms with E-state index in [2.05, 4.69) is 51.3 Å². The van der Waals surface area contributed by atoms with E-state index < -0.39 is 0 Å². The number of hydrogen-bond acceptors (Lipinski definition) is 4.